The summed E-state index contributed by atoms with van der Waals surface area (Å²) in [4.78, 5) is 2.32. The number of hydrogen-bond acceptors (Lipinski definition) is 1. The zero-order chi connectivity index (χ0) is 12.0. The van der Waals surface area contributed by atoms with Crippen LogP contribution in [0.25, 0.3) is 0 Å². The normalized spacial score (nSPS) is 10.5. The Hall–Kier alpha value is -0.690. The SMILES string of the molecule is CCCCCN(C)c1ccc(CCl)c(C)c1. The van der Waals surface area contributed by atoms with Crippen molar-refractivity contribution in [3.63, 3.8) is 0 Å². The molecule has 0 fully saturated rings. The van der Waals surface area contributed by atoms with Crippen LogP contribution < -0.4 is 4.90 Å². The third-order valence-electron chi connectivity index (χ3n) is 3.01. The van der Waals surface area contributed by atoms with Gasteiger partial charge in [-0.1, -0.05) is 25.8 Å². The molecule has 0 aliphatic heterocycles. The van der Waals surface area contributed by atoms with Crippen molar-refractivity contribution in [3.05, 3.63) is 29.3 Å². The number of aryl methyl sites for hydroxylation is 1. The van der Waals surface area contributed by atoms with E-state index in [1.165, 1.54) is 36.1 Å². The van der Waals surface area contributed by atoms with E-state index in [1.807, 2.05) is 0 Å². The van der Waals surface area contributed by atoms with Gasteiger partial charge in [-0.15, -0.1) is 11.6 Å². The third-order valence-corrected chi connectivity index (χ3v) is 3.30. The first kappa shape index (κ1) is 13.4. The van der Waals surface area contributed by atoms with E-state index in [0.29, 0.717) is 5.88 Å². The van der Waals surface area contributed by atoms with Gasteiger partial charge in [0.1, 0.15) is 0 Å². The Morgan fingerprint density at radius 2 is 2.00 bits per heavy atom. The second kappa shape index (κ2) is 6.80. The number of halogens is 1. The van der Waals surface area contributed by atoms with Crippen molar-refractivity contribution in [2.75, 3.05) is 18.5 Å². The molecule has 0 aliphatic carbocycles. The fourth-order valence-corrected chi connectivity index (χ4v) is 2.10. The summed E-state index contributed by atoms with van der Waals surface area (Å²) < 4.78 is 0. The van der Waals surface area contributed by atoms with Gasteiger partial charge >= 0.3 is 0 Å². The maximum absolute atomic E-state index is 5.85. The lowest BCUT2D eigenvalue weighted by Gasteiger charge is -2.20. The summed E-state index contributed by atoms with van der Waals surface area (Å²) in [6, 6.07) is 6.52. The van der Waals surface area contributed by atoms with Gasteiger partial charge in [0.05, 0.1) is 0 Å². The number of alkyl halides is 1. The van der Waals surface area contributed by atoms with Crippen molar-refractivity contribution in [2.45, 2.75) is 39.0 Å². The van der Waals surface area contributed by atoms with Crippen molar-refractivity contribution in [1.29, 1.82) is 0 Å². The molecule has 0 saturated carbocycles. The molecule has 1 aromatic carbocycles. The largest absolute Gasteiger partial charge is 0.375 e. The van der Waals surface area contributed by atoms with Crippen LogP contribution in [-0.2, 0) is 5.88 Å². The molecule has 1 rings (SSSR count). The Morgan fingerprint density at radius 1 is 1.25 bits per heavy atom. The Kier molecular flexibility index (Phi) is 5.68. The summed E-state index contributed by atoms with van der Waals surface area (Å²) in [5.74, 6) is 0.603. The van der Waals surface area contributed by atoms with Crippen LogP contribution in [0.4, 0.5) is 5.69 Å². The Bertz CT molecular complexity index is 323. The zero-order valence-corrected chi connectivity index (χ0v) is 11.3. The lowest BCUT2D eigenvalue weighted by Crippen LogP contribution is -2.18. The predicted molar refractivity (Wildman–Crippen MR) is 73.5 cm³/mol. The molecule has 2 heteroatoms. The smallest absolute Gasteiger partial charge is 0.0476 e. The van der Waals surface area contributed by atoms with Gasteiger partial charge in [-0.3, -0.25) is 0 Å². The van der Waals surface area contributed by atoms with Gasteiger partial charge < -0.3 is 4.90 Å². The fraction of sp³-hybridized carbons (Fsp3) is 0.571. The molecule has 0 bridgehead atoms. The van der Waals surface area contributed by atoms with Crippen LogP contribution in [-0.4, -0.2) is 13.6 Å². The number of hydrogen-bond donors (Lipinski definition) is 0. The standard InChI is InChI=1S/C14H22ClN/c1-4-5-6-9-16(3)14-8-7-13(11-15)12(2)10-14/h7-8,10H,4-6,9,11H2,1-3H3. The molecule has 16 heavy (non-hydrogen) atoms. The van der Waals surface area contributed by atoms with Gasteiger partial charge in [-0.05, 0) is 36.6 Å². The van der Waals surface area contributed by atoms with Crippen LogP contribution >= 0.6 is 11.6 Å². The van der Waals surface area contributed by atoms with Crippen LogP contribution in [0, 0.1) is 6.92 Å². The van der Waals surface area contributed by atoms with Gasteiger partial charge in [0.25, 0.3) is 0 Å². The fourth-order valence-electron chi connectivity index (χ4n) is 1.80. The van der Waals surface area contributed by atoms with E-state index in [-0.39, 0.29) is 0 Å². The molecule has 1 aromatic rings. The molecule has 90 valence electrons. The zero-order valence-electron chi connectivity index (χ0n) is 10.6. The Balaban J connectivity index is 2.62. The van der Waals surface area contributed by atoms with Crippen LogP contribution in [0.1, 0.15) is 37.3 Å². The second-order valence-corrected chi connectivity index (χ2v) is 4.64. The second-order valence-electron chi connectivity index (χ2n) is 4.37. The quantitative estimate of drug-likeness (QED) is 0.527. The van der Waals surface area contributed by atoms with Crippen molar-refractivity contribution in [3.8, 4) is 0 Å². The van der Waals surface area contributed by atoms with E-state index in [4.69, 9.17) is 11.6 Å². The van der Waals surface area contributed by atoms with Gasteiger partial charge in [-0.25, -0.2) is 0 Å². The third kappa shape index (κ3) is 3.71. The predicted octanol–water partition coefficient (Wildman–Crippen LogP) is 4.36. The van der Waals surface area contributed by atoms with Crippen LogP contribution in [0.3, 0.4) is 0 Å². The highest BCUT2D eigenvalue weighted by atomic mass is 35.5. The van der Waals surface area contributed by atoms with E-state index in [1.54, 1.807) is 0 Å². The molecule has 1 nitrogen and oxygen atoms in total. The van der Waals surface area contributed by atoms with E-state index in [0.717, 1.165) is 6.54 Å². The molecule has 0 aliphatic rings. The van der Waals surface area contributed by atoms with E-state index in [2.05, 4.69) is 44.0 Å². The van der Waals surface area contributed by atoms with Crippen LogP contribution in [0.15, 0.2) is 18.2 Å². The topological polar surface area (TPSA) is 3.24 Å². The number of unbranched alkanes of at least 4 members (excludes halogenated alkanes) is 2. The van der Waals surface area contributed by atoms with Crippen LogP contribution in [0.2, 0.25) is 0 Å². The number of benzene rings is 1. The maximum atomic E-state index is 5.85. The molecular formula is C14H22ClN. The summed E-state index contributed by atoms with van der Waals surface area (Å²) in [7, 11) is 2.16. The molecular weight excluding hydrogens is 218 g/mol. The number of nitrogens with zero attached hydrogens (tertiary/aromatic N) is 1. The number of anilines is 1. The molecule has 0 radical (unpaired) electrons. The van der Waals surface area contributed by atoms with Gasteiger partial charge in [0, 0.05) is 25.2 Å². The van der Waals surface area contributed by atoms with Gasteiger partial charge in [0.15, 0.2) is 0 Å². The van der Waals surface area contributed by atoms with Crippen molar-refractivity contribution in [1.82, 2.24) is 0 Å². The summed E-state index contributed by atoms with van der Waals surface area (Å²) >= 11 is 5.85. The average molecular weight is 240 g/mol. The number of rotatable bonds is 6. The molecule has 0 N–H and O–H groups in total. The first-order valence-electron chi connectivity index (χ1n) is 6.05. The molecule has 0 atom stereocenters. The summed E-state index contributed by atoms with van der Waals surface area (Å²) in [6.45, 7) is 5.49. The van der Waals surface area contributed by atoms with E-state index < -0.39 is 0 Å². The lowest BCUT2D eigenvalue weighted by molar-refractivity contribution is 0.705. The molecule has 0 heterocycles. The maximum Gasteiger partial charge on any atom is 0.0476 e. The summed E-state index contributed by atoms with van der Waals surface area (Å²) in [5, 5.41) is 0. The molecule has 0 spiro atoms. The highest BCUT2D eigenvalue weighted by Crippen LogP contribution is 2.19. The Labute approximate surface area is 104 Å². The minimum Gasteiger partial charge on any atom is -0.375 e. The molecule has 0 amide bonds. The highest BCUT2D eigenvalue weighted by Gasteiger charge is 2.03. The van der Waals surface area contributed by atoms with Crippen molar-refractivity contribution < 1.29 is 0 Å². The molecule has 0 aromatic heterocycles. The average Bonchev–Trinajstić information content (AvgIpc) is 2.29. The minimum atomic E-state index is 0.603. The highest BCUT2D eigenvalue weighted by molar-refractivity contribution is 6.17. The first-order valence-corrected chi connectivity index (χ1v) is 6.59. The first-order chi connectivity index (χ1) is 7.69. The minimum absolute atomic E-state index is 0.603. The molecule has 0 unspecified atom stereocenters. The van der Waals surface area contributed by atoms with Gasteiger partial charge in [-0.2, -0.15) is 0 Å². The van der Waals surface area contributed by atoms with E-state index in [9.17, 15) is 0 Å². The van der Waals surface area contributed by atoms with Crippen molar-refractivity contribution >= 4 is 17.3 Å². The molecule has 0 saturated heterocycles. The van der Waals surface area contributed by atoms with Gasteiger partial charge in [0.2, 0.25) is 0 Å². The summed E-state index contributed by atoms with van der Waals surface area (Å²) in [6.07, 6.45) is 3.85. The summed E-state index contributed by atoms with van der Waals surface area (Å²) in [5.41, 5.74) is 3.81. The van der Waals surface area contributed by atoms with Crippen LogP contribution in [0.5, 0.6) is 0 Å². The lowest BCUT2D eigenvalue weighted by atomic mass is 10.1. The van der Waals surface area contributed by atoms with Crippen molar-refractivity contribution in [2.24, 2.45) is 0 Å². The van der Waals surface area contributed by atoms with E-state index >= 15 is 0 Å². The monoisotopic (exact) mass is 239 g/mol. The Morgan fingerprint density at radius 3 is 2.56 bits per heavy atom.